The molecule has 0 aliphatic carbocycles. The number of hydrogen-bond donors (Lipinski definition) is 2. The molecule has 0 bridgehead atoms. The summed E-state index contributed by atoms with van der Waals surface area (Å²) in [7, 11) is 0. The summed E-state index contributed by atoms with van der Waals surface area (Å²) in [5, 5.41) is 2.63. The molecule has 1 unspecified atom stereocenters. The third-order valence-electron chi connectivity index (χ3n) is 4.00. The zero-order valence-corrected chi connectivity index (χ0v) is 15.2. The lowest BCUT2D eigenvalue weighted by Gasteiger charge is -2.32. The molecule has 8 heteroatoms. The molecular weight excluding hydrogens is 337 g/mol. The number of hydrogen-bond acceptors (Lipinski definition) is 5. The van der Waals surface area contributed by atoms with Crippen LogP contribution in [0.25, 0.3) is 0 Å². The Hall–Kier alpha value is -2.90. The Morgan fingerprint density at radius 1 is 1.42 bits per heavy atom. The first-order valence-corrected chi connectivity index (χ1v) is 8.24. The Labute approximate surface area is 151 Å². The number of benzene rings is 1. The largest absolute Gasteiger partial charge is 0.444 e. The number of nitrogens with one attached hydrogen (secondary N) is 1. The lowest BCUT2D eigenvalue weighted by molar-refractivity contribution is 0.0560. The minimum atomic E-state index is -0.945. The molecule has 3 N–H and O–H groups in total. The normalized spacial score (nSPS) is 19.5. The molecule has 1 aliphatic heterocycles. The Balaban J connectivity index is 2.01. The summed E-state index contributed by atoms with van der Waals surface area (Å²) in [4.78, 5) is 20.9. The number of ether oxygens (including phenoxy) is 1. The highest BCUT2D eigenvalue weighted by Gasteiger charge is 2.36. The van der Waals surface area contributed by atoms with Crippen molar-refractivity contribution in [2.75, 3.05) is 5.73 Å². The molecule has 1 amide bonds. The number of amides is 1. The maximum absolute atomic E-state index is 14.5. The second-order valence-corrected chi connectivity index (χ2v) is 7.51. The molecule has 1 atom stereocenters. The van der Waals surface area contributed by atoms with Crippen molar-refractivity contribution >= 4 is 17.7 Å². The van der Waals surface area contributed by atoms with Gasteiger partial charge in [0.25, 0.3) is 0 Å². The fourth-order valence-electron chi connectivity index (χ4n) is 2.92. The minimum absolute atomic E-state index is 0.224. The summed E-state index contributed by atoms with van der Waals surface area (Å²) in [6.07, 6.45) is 2.97. The predicted octanol–water partition coefficient (Wildman–Crippen LogP) is 2.80. The molecule has 1 aromatic heterocycles. The van der Waals surface area contributed by atoms with Gasteiger partial charge in [-0.1, -0.05) is 0 Å². The highest BCUT2D eigenvalue weighted by atomic mass is 19.1. The standard InChI is InChI=1S/C18H22FN5O2/c1-17(2,3)26-16(25)22-15-23-18(4,8-12-9-21-10-24(12)15)13-7-11(20)5-6-14(13)19/h5-7,9-10H,8,20H2,1-4H3,(H,22,23,25). The average molecular weight is 359 g/mol. The van der Waals surface area contributed by atoms with Gasteiger partial charge in [-0.2, -0.15) is 0 Å². The number of aromatic nitrogens is 2. The number of imidazole rings is 1. The third-order valence-corrected chi connectivity index (χ3v) is 4.00. The number of anilines is 1. The molecule has 1 aromatic carbocycles. The van der Waals surface area contributed by atoms with Gasteiger partial charge >= 0.3 is 6.09 Å². The lowest BCUT2D eigenvalue weighted by atomic mass is 9.86. The fraction of sp³-hybridized carbons (Fsp3) is 0.389. The number of halogens is 1. The SMILES string of the molecule is CC(C)(C)OC(=O)NC1=NC(C)(c2cc(N)ccc2F)Cc2cncn21. The summed E-state index contributed by atoms with van der Waals surface area (Å²) in [6, 6.07) is 4.38. The molecule has 0 saturated carbocycles. The maximum atomic E-state index is 14.5. The fourth-order valence-corrected chi connectivity index (χ4v) is 2.92. The topological polar surface area (TPSA) is 94.5 Å². The van der Waals surface area contributed by atoms with E-state index in [-0.39, 0.29) is 5.96 Å². The molecule has 138 valence electrons. The van der Waals surface area contributed by atoms with Crippen molar-refractivity contribution in [3.05, 3.63) is 47.8 Å². The molecule has 2 aromatic rings. The van der Waals surface area contributed by atoms with Crippen molar-refractivity contribution in [3.63, 3.8) is 0 Å². The molecule has 0 saturated heterocycles. The van der Waals surface area contributed by atoms with Crippen LogP contribution in [0.4, 0.5) is 14.9 Å². The number of nitrogen functional groups attached to an aromatic ring is 1. The van der Waals surface area contributed by atoms with Gasteiger partial charge in [0.1, 0.15) is 17.7 Å². The van der Waals surface area contributed by atoms with Gasteiger partial charge in [0, 0.05) is 29.6 Å². The summed E-state index contributed by atoms with van der Waals surface area (Å²) in [5.74, 6) is -0.183. The Morgan fingerprint density at radius 3 is 2.85 bits per heavy atom. The quantitative estimate of drug-likeness (QED) is 0.766. The Morgan fingerprint density at radius 2 is 2.15 bits per heavy atom. The van der Waals surface area contributed by atoms with Crippen LogP contribution in [0.1, 0.15) is 39.0 Å². The van der Waals surface area contributed by atoms with Gasteiger partial charge in [-0.15, -0.1) is 0 Å². The van der Waals surface area contributed by atoms with E-state index in [2.05, 4.69) is 15.3 Å². The van der Waals surface area contributed by atoms with Crippen LogP contribution in [-0.4, -0.2) is 27.2 Å². The van der Waals surface area contributed by atoms with E-state index in [9.17, 15) is 9.18 Å². The van der Waals surface area contributed by atoms with E-state index in [1.165, 1.54) is 12.1 Å². The number of aliphatic imine (C=N–C) groups is 1. The van der Waals surface area contributed by atoms with Gasteiger partial charge in [-0.05, 0) is 45.9 Å². The highest BCUT2D eigenvalue weighted by molar-refractivity contribution is 5.96. The van der Waals surface area contributed by atoms with Crippen LogP contribution in [0.3, 0.4) is 0 Å². The average Bonchev–Trinajstić information content (AvgIpc) is 2.95. The van der Waals surface area contributed by atoms with Gasteiger partial charge in [-0.3, -0.25) is 9.88 Å². The summed E-state index contributed by atoms with van der Waals surface area (Å²) < 4.78 is 21.4. The van der Waals surface area contributed by atoms with Crippen LogP contribution in [-0.2, 0) is 16.7 Å². The van der Waals surface area contributed by atoms with Crippen molar-refractivity contribution in [2.45, 2.75) is 45.3 Å². The van der Waals surface area contributed by atoms with Gasteiger partial charge in [0.15, 0.2) is 0 Å². The monoisotopic (exact) mass is 359 g/mol. The van der Waals surface area contributed by atoms with E-state index in [0.717, 1.165) is 5.69 Å². The van der Waals surface area contributed by atoms with Crippen molar-refractivity contribution in [1.29, 1.82) is 0 Å². The Kier molecular flexibility index (Phi) is 4.21. The van der Waals surface area contributed by atoms with Crippen molar-refractivity contribution < 1.29 is 13.9 Å². The van der Waals surface area contributed by atoms with Gasteiger partial charge in [0.05, 0.1) is 5.54 Å². The van der Waals surface area contributed by atoms with Crippen LogP contribution in [0, 0.1) is 5.82 Å². The molecule has 7 nitrogen and oxygen atoms in total. The third kappa shape index (κ3) is 3.54. The number of carbonyl (C=O) groups is 1. The van der Waals surface area contributed by atoms with Crippen molar-refractivity contribution in [3.8, 4) is 0 Å². The Bertz CT molecular complexity index is 884. The first kappa shape index (κ1) is 17.9. The number of carbonyl (C=O) groups excluding carboxylic acids is 1. The van der Waals surface area contributed by atoms with E-state index in [0.29, 0.717) is 17.7 Å². The highest BCUT2D eigenvalue weighted by Crippen LogP contribution is 2.35. The van der Waals surface area contributed by atoms with Crippen LogP contribution in [0.15, 0.2) is 35.7 Å². The first-order chi connectivity index (χ1) is 12.1. The summed E-state index contributed by atoms with van der Waals surface area (Å²) in [6.45, 7) is 7.09. The number of nitrogens with two attached hydrogens (primary N) is 1. The summed E-state index contributed by atoms with van der Waals surface area (Å²) in [5.41, 5.74) is 5.82. The second-order valence-electron chi connectivity index (χ2n) is 7.51. The number of alkyl carbamates (subject to hydrolysis) is 1. The predicted molar refractivity (Wildman–Crippen MR) is 96.3 cm³/mol. The molecule has 3 rings (SSSR count). The minimum Gasteiger partial charge on any atom is -0.444 e. The molecule has 26 heavy (non-hydrogen) atoms. The molecule has 2 heterocycles. The zero-order chi connectivity index (χ0) is 19.1. The maximum Gasteiger partial charge on any atom is 0.414 e. The molecule has 0 spiro atoms. The van der Waals surface area contributed by atoms with Gasteiger partial charge in [-0.25, -0.2) is 19.2 Å². The molecule has 1 aliphatic rings. The molecule has 0 fully saturated rings. The van der Waals surface area contributed by atoms with Crippen LogP contribution in [0.2, 0.25) is 0 Å². The molecular formula is C18H22FN5O2. The van der Waals surface area contributed by atoms with E-state index in [1.807, 2.05) is 0 Å². The van der Waals surface area contributed by atoms with Crippen LogP contribution < -0.4 is 11.1 Å². The van der Waals surface area contributed by atoms with E-state index < -0.39 is 23.1 Å². The lowest BCUT2D eigenvalue weighted by Crippen LogP contribution is -2.44. The second kappa shape index (κ2) is 6.12. The molecule has 0 radical (unpaired) electrons. The van der Waals surface area contributed by atoms with Crippen molar-refractivity contribution in [1.82, 2.24) is 14.9 Å². The van der Waals surface area contributed by atoms with Gasteiger partial charge in [0.2, 0.25) is 5.96 Å². The van der Waals surface area contributed by atoms with Gasteiger partial charge < -0.3 is 10.5 Å². The smallest absolute Gasteiger partial charge is 0.414 e. The first-order valence-electron chi connectivity index (χ1n) is 8.24. The number of nitrogens with zero attached hydrogens (tertiary/aromatic N) is 3. The van der Waals surface area contributed by atoms with Crippen LogP contribution in [0.5, 0.6) is 0 Å². The van der Waals surface area contributed by atoms with E-state index in [1.54, 1.807) is 50.9 Å². The van der Waals surface area contributed by atoms with Crippen molar-refractivity contribution in [2.24, 2.45) is 4.99 Å². The zero-order valence-electron chi connectivity index (χ0n) is 15.2. The summed E-state index contributed by atoms with van der Waals surface area (Å²) >= 11 is 0. The number of fused-ring (bicyclic) bond motifs is 1. The number of rotatable bonds is 1. The van der Waals surface area contributed by atoms with Crippen LogP contribution >= 0.6 is 0 Å². The van der Waals surface area contributed by atoms with E-state index in [4.69, 9.17) is 10.5 Å². The van der Waals surface area contributed by atoms with E-state index >= 15 is 0 Å².